The molecule has 5 rings (SSSR count). The largest absolute Gasteiger partial charge is 0.504 e. The third-order valence-electron chi connectivity index (χ3n) is 5.84. The van der Waals surface area contributed by atoms with Crippen LogP contribution in [-0.4, -0.2) is 35.6 Å². The Hall–Kier alpha value is -2.60. The zero-order chi connectivity index (χ0) is 18.9. The summed E-state index contributed by atoms with van der Waals surface area (Å²) in [7, 11) is 1.53. The Labute approximate surface area is 157 Å². The van der Waals surface area contributed by atoms with Crippen molar-refractivity contribution in [2.45, 2.75) is 44.0 Å². The van der Waals surface area contributed by atoms with Crippen molar-refractivity contribution in [3.8, 4) is 28.7 Å². The van der Waals surface area contributed by atoms with Gasteiger partial charge >= 0.3 is 0 Å². The molecule has 2 N–H and O–H groups in total. The molecule has 2 aromatic rings. The van der Waals surface area contributed by atoms with Crippen molar-refractivity contribution in [3.63, 3.8) is 0 Å². The molecule has 3 atom stereocenters. The Morgan fingerprint density at radius 3 is 2.67 bits per heavy atom. The zero-order valence-corrected chi connectivity index (χ0v) is 15.5. The van der Waals surface area contributed by atoms with Gasteiger partial charge in [0.2, 0.25) is 0 Å². The van der Waals surface area contributed by atoms with Crippen molar-refractivity contribution in [3.05, 3.63) is 41.0 Å². The molecule has 3 aliphatic heterocycles. The number of hydrogen-bond acceptors (Lipinski definition) is 6. The molecule has 0 saturated carbocycles. The Morgan fingerprint density at radius 2 is 1.89 bits per heavy atom. The smallest absolute Gasteiger partial charge is 0.161 e. The van der Waals surface area contributed by atoms with E-state index in [1.54, 1.807) is 6.07 Å². The first-order valence-electron chi connectivity index (χ1n) is 9.11. The molecule has 0 amide bonds. The summed E-state index contributed by atoms with van der Waals surface area (Å²) < 4.78 is 23.4. The van der Waals surface area contributed by atoms with Crippen LogP contribution in [0.4, 0.5) is 0 Å². The minimum Gasteiger partial charge on any atom is -0.504 e. The maximum absolute atomic E-state index is 10.4. The van der Waals surface area contributed by atoms with Gasteiger partial charge in [0.25, 0.3) is 0 Å². The summed E-state index contributed by atoms with van der Waals surface area (Å²) in [5, 5.41) is 20.4. The number of aliphatic hydroxyl groups is 1. The Morgan fingerprint density at radius 1 is 1.07 bits per heavy atom. The van der Waals surface area contributed by atoms with E-state index in [1.807, 2.05) is 32.0 Å². The lowest BCUT2D eigenvalue weighted by molar-refractivity contribution is -0.0415. The van der Waals surface area contributed by atoms with Gasteiger partial charge < -0.3 is 29.2 Å². The maximum Gasteiger partial charge on any atom is 0.161 e. The van der Waals surface area contributed by atoms with Gasteiger partial charge in [-0.25, -0.2) is 0 Å². The van der Waals surface area contributed by atoms with Crippen molar-refractivity contribution in [1.29, 1.82) is 0 Å². The zero-order valence-electron chi connectivity index (χ0n) is 15.5. The number of fused-ring (bicyclic) bond motifs is 6. The number of phenols is 1. The Bertz CT molecular complexity index is 935. The van der Waals surface area contributed by atoms with Crippen LogP contribution in [0.25, 0.3) is 0 Å². The van der Waals surface area contributed by atoms with Crippen molar-refractivity contribution in [2.75, 3.05) is 13.7 Å². The number of benzene rings is 2. The van der Waals surface area contributed by atoms with E-state index in [-0.39, 0.29) is 17.8 Å². The molecule has 142 valence electrons. The summed E-state index contributed by atoms with van der Waals surface area (Å²) in [6.07, 6.45) is -0.256. The third kappa shape index (κ3) is 2.36. The van der Waals surface area contributed by atoms with Crippen LogP contribution in [0.1, 0.15) is 42.6 Å². The van der Waals surface area contributed by atoms with E-state index < -0.39 is 11.7 Å². The van der Waals surface area contributed by atoms with Crippen LogP contribution >= 0.6 is 0 Å². The van der Waals surface area contributed by atoms with E-state index >= 15 is 0 Å². The quantitative estimate of drug-likeness (QED) is 0.803. The predicted octanol–water partition coefficient (Wildman–Crippen LogP) is 3.08. The number of aromatic hydroxyl groups is 1. The monoisotopic (exact) mass is 370 g/mol. The van der Waals surface area contributed by atoms with Crippen LogP contribution in [0.2, 0.25) is 0 Å². The van der Waals surface area contributed by atoms with Crippen LogP contribution < -0.4 is 18.9 Å². The highest BCUT2D eigenvalue weighted by Gasteiger charge is 2.43. The van der Waals surface area contributed by atoms with Crippen LogP contribution in [0.5, 0.6) is 28.7 Å². The molecule has 0 radical (unpaired) electrons. The van der Waals surface area contributed by atoms with Crippen LogP contribution in [-0.2, 0) is 6.42 Å². The van der Waals surface area contributed by atoms with Gasteiger partial charge in [0, 0.05) is 29.7 Å². The number of rotatable bonds is 1. The summed E-state index contributed by atoms with van der Waals surface area (Å²) in [6, 6.07) is 7.33. The SMILES string of the molecule is COc1cc2c(cc1O)O[C@H]1c3cc4c(cc3OC[C@@H]21)OC(C)(C)[C@H](O)C4. The lowest BCUT2D eigenvalue weighted by Crippen LogP contribution is -2.46. The molecule has 0 aliphatic carbocycles. The lowest BCUT2D eigenvalue weighted by Gasteiger charge is -2.38. The fourth-order valence-corrected chi connectivity index (χ4v) is 4.17. The first kappa shape index (κ1) is 16.6. The number of aliphatic hydroxyl groups excluding tert-OH is 1. The summed E-state index contributed by atoms with van der Waals surface area (Å²) in [5.74, 6) is 2.64. The molecule has 0 bridgehead atoms. The Kier molecular flexibility index (Phi) is 3.35. The molecule has 6 heteroatoms. The van der Waals surface area contributed by atoms with E-state index in [4.69, 9.17) is 18.9 Å². The first-order chi connectivity index (χ1) is 12.9. The predicted molar refractivity (Wildman–Crippen MR) is 97.1 cm³/mol. The minimum absolute atomic E-state index is 0.0194. The molecule has 0 fully saturated rings. The van der Waals surface area contributed by atoms with E-state index in [0.717, 1.165) is 28.2 Å². The molecular weight excluding hydrogens is 348 g/mol. The third-order valence-corrected chi connectivity index (χ3v) is 5.84. The van der Waals surface area contributed by atoms with Gasteiger partial charge in [-0.05, 0) is 31.5 Å². The van der Waals surface area contributed by atoms with Crippen LogP contribution in [0.15, 0.2) is 24.3 Å². The van der Waals surface area contributed by atoms with E-state index in [9.17, 15) is 10.2 Å². The van der Waals surface area contributed by atoms with Crippen molar-refractivity contribution in [1.82, 2.24) is 0 Å². The second-order valence-corrected chi connectivity index (χ2v) is 7.94. The van der Waals surface area contributed by atoms with Gasteiger partial charge in [0.15, 0.2) is 11.5 Å². The number of hydrogen-bond donors (Lipinski definition) is 2. The fourth-order valence-electron chi connectivity index (χ4n) is 4.17. The number of ether oxygens (including phenoxy) is 4. The molecule has 3 aliphatic rings. The van der Waals surface area contributed by atoms with Crippen LogP contribution in [0.3, 0.4) is 0 Å². The maximum atomic E-state index is 10.4. The van der Waals surface area contributed by atoms with Gasteiger partial charge in [0.05, 0.1) is 25.7 Å². The molecule has 0 spiro atoms. The van der Waals surface area contributed by atoms with Crippen molar-refractivity contribution >= 4 is 0 Å². The fraction of sp³-hybridized carbons (Fsp3) is 0.429. The standard InChI is InChI=1S/C21H22O6/c1-21(2)19(23)5-10-4-12-16(8-15(10)27-21)25-9-13-11-6-18(24-3)14(22)7-17(11)26-20(12)13/h4,6-8,13,19-20,22-23H,5,9H2,1-3H3/t13-,19+,20-/m0/s1. The van der Waals surface area contributed by atoms with Crippen LogP contribution in [0, 0.1) is 0 Å². The molecule has 27 heavy (non-hydrogen) atoms. The molecule has 6 nitrogen and oxygen atoms in total. The summed E-state index contributed by atoms with van der Waals surface area (Å²) in [4.78, 5) is 0. The molecule has 3 heterocycles. The highest BCUT2D eigenvalue weighted by atomic mass is 16.5. The summed E-state index contributed by atoms with van der Waals surface area (Å²) >= 11 is 0. The van der Waals surface area contributed by atoms with Gasteiger partial charge in [-0.2, -0.15) is 0 Å². The molecule has 2 aromatic carbocycles. The topological polar surface area (TPSA) is 77.4 Å². The second-order valence-electron chi connectivity index (χ2n) is 7.94. The van der Waals surface area contributed by atoms with Gasteiger partial charge in [-0.1, -0.05) is 0 Å². The molecule has 0 aromatic heterocycles. The van der Waals surface area contributed by atoms with Gasteiger partial charge in [-0.3, -0.25) is 0 Å². The lowest BCUT2D eigenvalue weighted by atomic mass is 9.85. The second kappa shape index (κ2) is 5.45. The van der Waals surface area contributed by atoms with E-state index in [2.05, 4.69) is 0 Å². The van der Waals surface area contributed by atoms with Gasteiger partial charge in [0.1, 0.15) is 29.0 Å². The average molecular weight is 370 g/mol. The minimum atomic E-state index is -0.632. The molecular formula is C21H22O6. The average Bonchev–Trinajstić information content (AvgIpc) is 2.98. The highest BCUT2D eigenvalue weighted by molar-refractivity contribution is 5.58. The summed E-state index contributed by atoms with van der Waals surface area (Å²) in [5.41, 5.74) is 2.22. The first-order valence-corrected chi connectivity index (χ1v) is 9.11. The summed E-state index contributed by atoms with van der Waals surface area (Å²) in [6.45, 7) is 4.24. The van der Waals surface area contributed by atoms with E-state index in [1.165, 1.54) is 7.11 Å². The normalized spacial score (nSPS) is 26.4. The van der Waals surface area contributed by atoms with Gasteiger partial charge in [-0.15, -0.1) is 0 Å². The number of methoxy groups -OCH3 is 1. The van der Waals surface area contributed by atoms with E-state index in [0.29, 0.717) is 24.5 Å². The Balaban J connectivity index is 1.56. The van der Waals surface area contributed by atoms with Crippen molar-refractivity contribution < 1.29 is 29.2 Å². The number of phenolic OH excluding ortho intramolecular Hbond substituents is 1. The molecule has 0 saturated heterocycles. The highest BCUT2D eigenvalue weighted by Crippen LogP contribution is 2.54. The molecule has 0 unspecified atom stereocenters. The van der Waals surface area contributed by atoms with Crippen molar-refractivity contribution in [2.24, 2.45) is 0 Å².